The van der Waals surface area contributed by atoms with Gasteiger partial charge in [-0.05, 0) is 6.54 Å². The number of thiocarbonyl (C=S) groups is 1. The van der Waals surface area contributed by atoms with E-state index in [4.69, 9.17) is 23.7 Å². The number of hydrogen-bond acceptors (Lipinski definition) is 4. The third kappa shape index (κ3) is 7.83. The maximum Gasteiger partial charge on any atom is 0.318 e. The fraction of sp³-hybridized carbons (Fsp3) is 0.625. The van der Waals surface area contributed by atoms with E-state index in [0.717, 1.165) is 0 Å². The van der Waals surface area contributed by atoms with Crippen LogP contribution in [0.25, 0.3) is 0 Å². The van der Waals surface area contributed by atoms with Crippen LogP contribution in [0.1, 0.15) is 13.3 Å². The van der Waals surface area contributed by atoms with Crippen LogP contribution in [0.15, 0.2) is 0 Å². The van der Waals surface area contributed by atoms with Crippen molar-refractivity contribution < 1.29 is 9.59 Å². The molecule has 6 nitrogen and oxygen atoms in total. The van der Waals surface area contributed by atoms with Gasteiger partial charge in [-0.15, -0.1) is 0 Å². The van der Waals surface area contributed by atoms with Gasteiger partial charge in [0.1, 0.15) is 0 Å². The summed E-state index contributed by atoms with van der Waals surface area (Å²) in [5, 5.41) is 1.99. The Balaban J connectivity index is 3.92. The van der Waals surface area contributed by atoms with Gasteiger partial charge in [0.2, 0.25) is 5.91 Å². The molecule has 0 unspecified atom stereocenters. The van der Waals surface area contributed by atoms with E-state index in [1.54, 1.807) is 0 Å². The number of rotatable bonds is 6. The number of amides is 3. The predicted octanol–water partition coefficient (Wildman–Crippen LogP) is -0.821. The highest BCUT2D eigenvalue weighted by molar-refractivity contribution is 7.80. The molecule has 15 heavy (non-hydrogen) atoms. The number of nitrogens with one attached hydrogen (secondary N) is 1. The van der Waals surface area contributed by atoms with E-state index >= 15 is 0 Å². The molecule has 0 fully saturated rings. The van der Waals surface area contributed by atoms with Crippen LogP contribution in [0.2, 0.25) is 0 Å². The van der Waals surface area contributed by atoms with Gasteiger partial charge in [0.05, 0.1) is 11.5 Å². The van der Waals surface area contributed by atoms with Gasteiger partial charge in [-0.2, -0.15) is 0 Å². The van der Waals surface area contributed by atoms with Crippen LogP contribution in [0.4, 0.5) is 4.79 Å². The average Bonchev–Trinajstić information content (AvgIpc) is 2.10. The lowest BCUT2D eigenvalue weighted by Gasteiger charge is -2.18. The maximum absolute atomic E-state index is 11.1. The first-order chi connectivity index (χ1) is 6.95. The molecule has 0 aliphatic carbocycles. The monoisotopic (exact) mass is 232 g/mol. The summed E-state index contributed by atoms with van der Waals surface area (Å²) >= 11 is 4.72. The average molecular weight is 232 g/mol. The molecule has 0 saturated heterocycles. The van der Waals surface area contributed by atoms with Gasteiger partial charge in [-0.25, -0.2) is 4.79 Å². The number of likely N-dealkylation sites (N-methyl/N-ethyl adjacent to an activating group) is 1. The van der Waals surface area contributed by atoms with Gasteiger partial charge in [0, 0.05) is 13.0 Å². The van der Waals surface area contributed by atoms with Crippen molar-refractivity contribution in [3.05, 3.63) is 0 Å². The normalized spacial score (nSPS) is 10.0. The predicted molar refractivity (Wildman–Crippen MR) is 61.2 cm³/mol. The number of nitrogens with zero attached hydrogens (tertiary/aromatic N) is 1. The Bertz CT molecular complexity index is 257. The van der Waals surface area contributed by atoms with Gasteiger partial charge < -0.3 is 11.5 Å². The van der Waals surface area contributed by atoms with Gasteiger partial charge in [-0.3, -0.25) is 15.0 Å². The molecule has 0 heterocycles. The van der Waals surface area contributed by atoms with Crippen LogP contribution in [0, 0.1) is 0 Å². The Hall–Kier alpha value is -1.21. The minimum absolute atomic E-state index is 0.113. The number of carbonyl (C=O) groups is 2. The summed E-state index contributed by atoms with van der Waals surface area (Å²) in [6.07, 6.45) is 0.549. The van der Waals surface area contributed by atoms with Crippen molar-refractivity contribution in [2.45, 2.75) is 13.3 Å². The van der Waals surface area contributed by atoms with E-state index in [9.17, 15) is 9.59 Å². The van der Waals surface area contributed by atoms with E-state index in [-0.39, 0.29) is 6.54 Å². The zero-order valence-electron chi connectivity index (χ0n) is 8.66. The lowest BCUT2D eigenvalue weighted by molar-refractivity contribution is -0.121. The second-order valence-electron chi connectivity index (χ2n) is 3.00. The lowest BCUT2D eigenvalue weighted by Crippen LogP contribution is -2.42. The van der Waals surface area contributed by atoms with Gasteiger partial charge in [-0.1, -0.05) is 19.1 Å². The summed E-state index contributed by atoms with van der Waals surface area (Å²) in [6.45, 7) is 3.28. The summed E-state index contributed by atoms with van der Waals surface area (Å²) in [6, 6.07) is -0.842. The van der Waals surface area contributed by atoms with E-state index < -0.39 is 11.9 Å². The zero-order chi connectivity index (χ0) is 11.8. The van der Waals surface area contributed by atoms with Crippen LogP contribution < -0.4 is 16.8 Å². The molecule has 5 N–H and O–H groups in total. The molecule has 0 rings (SSSR count). The Morgan fingerprint density at radius 1 is 1.40 bits per heavy atom. The molecule has 0 aliphatic rings. The summed E-state index contributed by atoms with van der Waals surface area (Å²) in [5.74, 6) is -0.424. The van der Waals surface area contributed by atoms with Crippen molar-refractivity contribution in [3.63, 3.8) is 0 Å². The summed E-state index contributed by atoms with van der Waals surface area (Å²) < 4.78 is 0. The second kappa shape index (κ2) is 7.13. The first-order valence-corrected chi connectivity index (χ1v) is 4.96. The Kier molecular flexibility index (Phi) is 6.56. The van der Waals surface area contributed by atoms with Gasteiger partial charge >= 0.3 is 6.03 Å². The highest BCUT2D eigenvalue weighted by atomic mass is 32.1. The second-order valence-corrected chi connectivity index (χ2v) is 3.52. The number of nitrogens with two attached hydrogens (primary N) is 2. The molecule has 0 saturated carbocycles. The van der Waals surface area contributed by atoms with Gasteiger partial charge in [0.15, 0.2) is 0 Å². The number of primary amides is 1. The van der Waals surface area contributed by atoms with Gasteiger partial charge in [0.25, 0.3) is 0 Å². The molecule has 0 radical (unpaired) electrons. The summed E-state index contributed by atoms with van der Waals surface area (Å²) in [5.41, 5.74) is 10.1. The van der Waals surface area contributed by atoms with E-state index in [0.29, 0.717) is 24.5 Å². The van der Waals surface area contributed by atoms with Crippen LogP contribution in [-0.4, -0.2) is 41.5 Å². The quantitative estimate of drug-likeness (QED) is 0.519. The molecule has 0 aromatic heterocycles. The smallest absolute Gasteiger partial charge is 0.318 e. The molecule has 0 spiro atoms. The van der Waals surface area contributed by atoms with E-state index in [1.807, 2.05) is 17.1 Å². The number of imide groups is 1. The first-order valence-electron chi connectivity index (χ1n) is 4.55. The Morgan fingerprint density at radius 2 is 2.00 bits per heavy atom. The SMILES string of the molecule is CCN(CCC(N)=S)CC(=O)NC(N)=O. The number of carbonyl (C=O) groups excluding carboxylic acids is 2. The molecule has 86 valence electrons. The van der Waals surface area contributed by atoms with Crippen molar-refractivity contribution in [2.75, 3.05) is 19.6 Å². The topological polar surface area (TPSA) is 101 Å². The van der Waals surface area contributed by atoms with Crippen LogP contribution in [-0.2, 0) is 4.79 Å². The third-order valence-electron chi connectivity index (χ3n) is 1.75. The molecule has 0 atom stereocenters. The molecular formula is C8H16N4O2S. The van der Waals surface area contributed by atoms with Crippen LogP contribution in [0.5, 0.6) is 0 Å². The molecular weight excluding hydrogens is 216 g/mol. The molecule has 0 aromatic carbocycles. The highest BCUT2D eigenvalue weighted by Crippen LogP contribution is 1.91. The summed E-state index contributed by atoms with van der Waals surface area (Å²) in [4.78, 5) is 23.7. The van der Waals surface area contributed by atoms with Crippen molar-refractivity contribution in [1.82, 2.24) is 10.2 Å². The highest BCUT2D eigenvalue weighted by Gasteiger charge is 2.10. The first kappa shape index (κ1) is 13.8. The molecule has 7 heteroatoms. The third-order valence-corrected chi connectivity index (χ3v) is 1.96. The van der Waals surface area contributed by atoms with Crippen molar-refractivity contribution in [3.8, 4) is 0 Å². The molecule has 0 aliphatic heterocycles. The van der Waals surface area contributed by atoms with Crippen molar-refractivity contribution in [1.29, 1.82) is 0 Å². The fourth-order valence-electron chi connectivity index (χ4n) is 0.997. The number of urea groups is 1. The molecule has 3 amide bonds. The van der Waals surface area contributed by atoms with Crippen LogP contribution in [0.3, 0.4) is 0 Å². The molecule has 0 bridgehead atoms. The maximum atomic E-state index is 11.1. The Morgan fingerprint density at radius 3 is 2.40 bits per heavy atom. The lowest BCUT2D eigenvalue weighted by atomic mass is 10.3. The standard InChI is InChI=1S/C8H16N4O2S/c1-2-12(4-3-6(9)15)5-7(13)11-8(10)14/h2-5H2,1H3,(H2,9,15)(H3,10,11,13,14). The zero-order valence-corrected chi connectivity index (χ0v) is 9.47. The minimum Gasteiger partial charge on any atom is -0.393 e. The minimum atomic E-state index is -0.842. The van der Waals surface area contributed by atoms with E-state index in [2.05, 4.69) is 0 Å². The number of hydrogen-bond donors (Lipinski definition) is 3. The van der Waals surface area contributed by atoms with Crippen LogP contribution >= 0.6 is 12.2 Å². The fourth-order valence-corrected chi connectivity index (χ4v) is 1.09. The van der Waals surface area contributed by atoms with E-state index in [1.165, 1.54) is 0 Å². The summed E-state index contributed by atoms with van der Waals surface area (Å²) in [7, 11) is 0. The Labute approximate surface area is 94.0 Å². The largest absolute Gasteiger partial charge is 0.393 e. The molecule has 0 aromatic rings. The van der Waals surface area contributed by atoms with Crippen molar-refractivity contribution in [2.24, 2.45) is 11.5 Å². The van der Waals surface area contributed by atoms with Crippen molar-refractivity contribution >= 4 is 29.1 Å².